The van der Waals surface area contributed by atoms with Crippen molar-refractivity contribution in [3.63, 3.8) is 0 Å². The molecule has 100 valence electrons. The molecule has 18 heavy (non-hydrogen) atoms. The number of methoxy groups -OCH3 is 1. The molecule has 0 bridgehead atoms. The Morgan fingerprint density at radius 2 is 2.17 bits per heavy atom. The van der Waals surface area contributed by atoms with E-state index in [0.717, 1.165) is 18.4 Å². The lowest BCUT2D eigenvalue weighted by Crippen LogP contribution is -2.19. The zero-order valence-corrected chi connectivity index (χ0v) is 11.2. The average molecular weight is 270 g/mol. The third-order valence-electron chi connectivity index (χ3n) is 2.96. The zero-order chi connectivity index (χ0) is 13.2. The molecule has 1 aromatic carbocycles. The summed E-state index contributed by atoms with van der Waals surface area (Å²) in [7, 11) is -1.81. The van der Waals surface area contributed by atoms with E-state index in [4.69, 9.17) is 10.5 Å². The third-order valence-corrected chi connectivity index (χ3v) is 4.39. The molecule has 0 unspecified atom stereocenters. The first-order valence-electron chi connectivity index (χ1n) is 5.92. The molecule has 2 rings (SSSR count). The molecule has 1 saturated carbocycles. The van der Waals surface area contributed by atoms with Crippen LogP contribution in [0.4, 0.5) is 5.69 Å². The van der Waals surface area contributed by atoms with Gasteiger partial charge >= 0.3 is 0 Å². The van der Waals surface area contributed by atoms with Gasteiger partial charge in [0.1, 0.15) is 5.75 Å². The van der Waals surface area contributed by atoms with Crippen LogP contribution in [0, 0.1) is 5.92 Å². The summed E-state index contributed by atoms with van der Waals surface area (Å²) in [6.45, 7) is 0.262. The Morgan fingerprint density at radius 3 is 2.72 bits per heavy atom. The smallest absolute Gasteiger partial charge is 0.233 e. The van der Waals surface area contributed by atoms with E-state index in [-0.39, 0.29) is 12.3 Å². The maximum absolute atomic E-state index is 12.0. The highest BCUT2D eigenvalue weighted by atomic mass is 32.2. The molecule has 0 aromatic heterocycles. The highest BCUT2D eigenvalue weighted by molar-refractivity contribution is 7.92. The molecule has 1 aromatic rings. The number of benzene rings is 1. The molecule has 0 heterocycles. The minimum absolute atomic E-state index is 0.176. The molecule has 1 fully saturated rings. The number of nitrogens with two attached hydrogens (primary N) is 1. The van der Waals surface area contributed by atoms with Crippen LogP contribution in [0.5, 0.6) is 5.75 Å². The molecule has 3 N–H and O–H groups in total. The van der Waals surface area contributed by atoms with Crippen molar-refractivity contribution in [2.75, 3.05) is 17.6 Å². The van der Waals surface area contributed by atoms with Crippen LogP contribution in [0.25, 0.3) is 0 Å². The molecule has 1 aliphatic rings. The fourth-order valence-electron chi connectivity index (χ4n) is 1.82. The summed E-state index contributed by atoms with van der Waals surface area (Å²) in [5.74, 6) is 0.977. The van der Waals surface area contributed by atoms with Crippen LogP contribution < -0.4 is 15.2 Å². The highest BCUT2D eigenvalue weighted by Gasteiger charge is 2.28. The summed E-state index contributed by atoms with van der Waals surface area (Å²) in [5.41, 5.74) is 6.81. The van der Waals surface area contributed by atoms with Crippen LogP contribution in [0.3, 0.4) is 0 Å². The first-order valence-corrected chi connectivity index (χ1v) is 7.57. The number of nitrogens with one attached hydrogen (secondary N) is 1. The van der Waals surface area contributed by atoms with E-state index in [2.05, 4.69) is 4.72 Å². The number of hydrogen-bond acceptors (Lipinski definition) is 4. The predicted molar refractivity (Wildman–Crippen MR) is 71.0 cm³/mol. The van der Waals surface area contributed by atoms with E-state index in [9.17, 15) is 8.42 Å². The summed E-state index contributed by atoms with van der Waals surface area (Å²) in [6, 6.07) is 5.30. The van der Waals surface area contributed by atoms with E-state index in [1.165, 1.54) is 7.11 Å². The monoisotopic (exact) mass is 270 g/mol. The van der Waals surface area contributed by atoms with Gasteiger partial charge in [-0.15, -0.1) is 0 Å². The number of ether oxygens (including phenoxy) is 1. The topological polar surface area (TPSA) is 81.4 Å². The third kappa shape index (κ3) is 3.14. The van der Waals surface area contributed by atoms with E-state index >= 15 is 0 Å². The molecular formula is C12H18N2O3S. The molecule has 1 aliphatic carbocycles. The Morgan fingerprint density at radius 1 is 1.44 bits per heavy atom. The lowest BCUT2D eigenvalue weighted by atomic mass is 10.1. The van der Waals surface area contributed by atoms with Crippen molar-refractivity contribution in [3.05, 3.63) is 23.8 Å². The number of rotatable bonds is 6. The number of anilines is 1. The number of para-hydroxylation sites is 1. The van der Waals surface area contributed by atoms with Crippen molar-refractivity contribution >= 4 is 15.7 Å². The lowest BCUT2D eigenvalue weighted by molar-refractivity contribution is 0.416. The summed E-state index contributed by atoms with van der Waals surface area (Å²) in [6.07, 6.45) is 1.99. The summed E-state index contributed by atoms with van der Waals surface area (Å²) in [5, 5.41) is 0. The van der Waals surface area contributed by atoms with Crippen molar-refractivity contribution in [2.45, 2.75) is 19.4 Å². The molecular weight excluding hydrogens is 252 g/mol. The van der Waals surface area contributed by atoms with Crippen LogP contribution in [-0.4, -0.2) is 21.3 Å². The zero-order valence-electron chi connectivity index (χ0n) is 10.3. The van der Waals surface area contributed by atoms with Crippen molar-refractivity contribution in [1.29, 1.82) is 0 Å². The second-order valence-corrected chi connectivity index (χ2v) is 6.29. The minimum Gasteiger partial charge on any atom is -0.495 e. The van der Waals surface area contributed by atoms with Crippen LogP contribution in [0.1, 0.15) is 18.4 Å². The van der Waals surface area contributed by atoms with Crippen LogP contribution in [0.2, 0.25) is 0 Å². The Hall–Kier alpha value is -1.27. The molecule has 0 amide bonds. The van der Waals surface area contributed by atoms with Crippen LogP contribution >= 0.6 is 0 Å². The number of sulfonamides is 1. The Kier molecular flexibility index (Phi) is 3.77. The van der Waals surface area contributed by atoms with Crippen LogP contribution in [0.15, 0.2) is 18.2 Å². The fourth-order valence-corrected chi connectivity index (χ4v) is 3.40. The first kappa shape index (κ1) is 13.2. The Labute approximate surface area is 107 Å². The molecule has 0 aliphatic heterocycles. The largest absolute Gasteiger partial charge is 0.495 e. The van der Waals surface area contributed by atoms with Crippen molar-refractivity contribution in [3.8, 4) is 5.75 Å². The van der Waals surface area contributed by atoms with Crippen molar-refractivity contribution in [1.82, 2.24) is 0 Å². The molecule has 0 atom stereocenters. The van der Waals surface area contributed by atoms with Gasteiger partial charge in [0.25, 0.3) is 0 Å². The first-order chi connectivity index (χ1) is 8.55. The number of hydrogen-bond donors (Lipinski definition) is 2. The van der Waals surface area contributed by atoms with Gasteiger partial charge < -0.3 is 10.5 Å². The van der Waals surface area contributed by atoms with Crippen molar-refractivity contribution in [2.24, 2.45) is 11.7 Å². The van der Waals surface area contributed by atoms with Gasteiger partial charge in [-0.1, -0.05) is 12.1 Å². The van der Waals surface area contributed by atoms with E-state index in [0.29, 0.717) is 17.4 Å². The van der Waals surface area contributed by atoms with E-state index < -0.39 is 10.0 Å². The van der Waals surface area contributed by atoms with Gasteiger partial charge in [-0.05, 0) is 30.4 Å². The molecule has 0 radical (unpaired) electrons. The van der Waals surface area contributed by atoms with Gasteiger partial charge in [0.15, 0.2) is 0 Å². The predicted octanol–water partition coefficient (Wildman–Crippen LogP) is 1.31. The van der Waals surface area contributed by atoms with E-state index in [1.54, 1.807) is 18.2 Å². The van der Waals surface area contributed by atoms with Gasteiger partial charge in [0.2, 0.25) is 10.0 Å². The summed E-state index contributed by atoms with van der Waals surface area (Å²) >= 11 is 0. The molecule has 5 nitrogen and oxygen atoms in total. The normalized spacial score (nSPS) is 15.4. The summed E-state index contributed by atoms with van der Waals surface area (Å²) in [4.78, 5) is 0. The van der Waals surface area contributed by atoms with Gasteiger partial charge in [0.05, 0.1) is 18.6 Å². The SMILES string of the molecule is COc1cccc(CN)c1NS(=O)(=O)CC1CC1. The second-order valence-electron chi connectivity index (χ2n) is 4.53. The summed E-state index contributed by atoms with van der Waals surface area (Å²) < 4.78 is 31.7. The van der Waals surface area contributed by atoms with Crippen LogP contribution in [-0.2, 0) is 16.6 Å². The minimum atomic E-state index is -3.32. The van der Waals surface area contributed by atoms with Gasteiger partial charge in [0, 0.05) is 6.54 Å². The maximum Gasteiger partial charge on any atom is 0.233 e. The Bertz CT molecular complexity index is 502. The highest BCUT2D eigenvalue weighted by Crippen LogP contribution is 2.33. The van der Waals surface area contributed by atoms with Gasteiger partial charge in [-0.2, -0.15) is 0 Å². The fraction of sp³-hybridized carbons (Fsp3) is 0.500. The second kappa shape index (κ2) is 5.16. The standard InChI is InChI=1S/C12H18N2O3S/c1-17-11-4-2-3-10(7-13)12(11)14-18(15,16)8-9-5-6-9/h2-4,9,14H,5-8,13H2,1H3. The quantitative estimate of drug-likeness (QED) is 0.816. The average Bonchev–Trinajstić information content (AvgIpc) is 3.12. The lowest BCUT2D eigenvalue weighted by Gasteiger charge is -2.15. The maximum atomic E-state index is 12.0. The van der Waals surface area contributed by atoms with E-state index in [1.807, 2.05) is 0 Å². The molecule has 6 heteroatoms. The molecule has 0 spiro atoms. The van der Waals surface area contributed by atoms with Gasteiger partial charge in [-0.25, -0.2) is 8.42 Å². The van der Waals surface area contributed by atoms with Crippen molar-refractivity contribution < 1.29 is 13.2 Å². The Balaban J connectivity index is 2.25. The van der Waals surface area contributed by atoms with Gasteiger partial charge in [-0.3, -0.25) is 4.72 Å². The molecule has 0 saturated heterocycles.